The molecule has 0 aliphatic carbocycles. The molecule has 0 saturated carbocycles. The van der Waals surface area contributed by atoms with Crippen molar-refractivity contribution in [3.63, 3.8) is 0 Å². The molecule has 0 bridgehead atoms. The zero-order chi connectivity index (χ0) is 10.0. The Morgan fingerprint density at radius 3 is 2.77 bits per heavy atom. The lowest BCUT2D eigenvalue weighted by Crippen LogP contribution is -2.21. The van der Waals surface area contributed by atoms with Crippen molar-refractivity contribution in [2.24, 2.45) is 0 Å². The first kappa shape index (κ1) is 10.1. The van der Waals surface area contributed by atoms with Crippen LogP contribution < -0.4 is 5.56 Å². The van der Waals surface area contributed by atoms with Gasteiger partial charge >= 0.3 is 0 Å². The van der Waals surface area contributed by atoms with E-state index in [0.717, 1.165) is 4.57 Å². The van der Waals surface area contributed by atoms with Crippen molar-refractivity contribution >= 4 is 11.6 Å². The van der Waals surface area contributed by atoms with Gasteiger partial charge in [0.2, 0.25) is 5.88 Å². The number of aliphatic hydroxyl groups excluding tert-OH is 1. The number of aliphatic hydroxyl groups is 1. The summed E-state index contributed by atoms with van der Waals surface area (Å²) in [6.45, 7) is 1.46. The van der Waals surface area contributed by atoms with E-state index in [9.17, 15) is 9.90 Å². The van der Waals surface area contributed by atoms with Crippen LogP contribution in [0.5, 0.6) is 5.88 Å². The summed E-state index contributed by atoms with van der Waals surface area (Å²) in [6, 6.07) is 1.32. The van der Waals surface area contributed by atoms with Gasteiger partial charge in [-0.2, -0.15) is 0 Å². The predicted molar refractivity (Wildman–Crippen MR) is 49.2 cm³/mol. The molecule has 4 nitrogen and oxygen atoms in total. The molecule has 1 aromatic heterocycles. The molecule has 0 aliphatic rings. The van der Waals surface area contributed by atoms with Crippen LogP contribution in [-0.4, -0.2) is 21.4 Å². The average molecular weight is 204 g/mol. The minimum Gasteiger partial charge on any atom is -0.493 e. The largest absolute Gasteiger partial charge is 0.493 e. The fourth-order valence-corrected chi connectivity index (χ4v) is 1.20. The van der Waals surface area contributed by atoms with Gasteiger partial charge in [-0.15, -0.1) is 0 Å². The number of hydrogen-bond donors (Lipinski definition) is 2. The Kier molecular flexibility index (Phi) is 2.95. The van der Waals surface area contributed by atoms with E-state index in [4.69, 9.17) is 16.7 Å². The number of nitrogens with zero attached hydrogens (tertiary/aromatic N) is 1. The Balaban J connectivity index is 3.35. The lowest BCUT2D eigenvalue weighted by molar-refractivity contribution is 0.264. The van der Waals surface area contributed by atoms with Crippen molar-refractivity contribution in [2.45, 2.75) is 13.5 Å². The number of aromatic nitrogens is 1. The molecule has 0 aromatic carbocycles. The molecule has 0 unspecified atom stereocenters. The van der Waals surface area contributed by atoms with Crippen LogP contribution >= 0.6 is 11.6 Å². The maximum Gasteiger partial charge on any atom is 0.253 e. The molecular weight excluding hydrogens is 194 g/mol. The van der Waals surface area contributed by atoms with E-state index < -0.39 is 0 Å². The third-order valence-electron chi connectivity index (χ3n) is 1.73. The van der Waals surface area contributed by atoms with Crippen LogP contribution in [0.2, 0.25) is 5.02 Å². The SMILES string of the molecule is Cc1cc(=O)n(CCO)c(O)c1Cl. The molecule has 2 N–H and O–H groups in total. The Bertz CT molecular complexity index is 372. The Morgan fingerprint density at radius 1 is 1.62 bits per heavy atom. The molecule has 0 spiro atoms. The molecule has 1 rings (SSSR count). The van der Waals surface area contributed by atoms with Crippen LogP contribution in [0.15, 0.2) is 10.9 Å². The molecule has 1 heterocycles. The standard InChI is InChI=1S/C8H10ClNO3/c1-5-4-6(12)10(2-3-11)8(13)7(5)9/h4,11,13H,2-3H2,1H3. The van der Waals surface area contributed by atoms with Crippen LogP contribution in [0.25, 0.3) is 0 Å². The Labute approximate surface area is 80.0 Å². The highest BCUT2D eigenvalue weighted by molar-refractivity contribution is 6.32. The Morgan fingerprint density at radius 2 is 2.23 bits per heavy atom. The summed E-state index contributed by atoms with van der Waals surface area (Å²) in [4.78, 5) is 11.2. The molecule has 0 fully saturated rings. The van der Waals surface area contributed by atoms with Crippen molar-refractivity contribution in [1.29, 1.82) is 0 Å². The first-order valence-corrected chi connectivity index (χ1v) is 4.15. The summed E-state index contributed by atoms with van der Waals surface area (Å²) < 4.78 is 1.02. The maximum absolute atomic E-state index is 11.2. The summed E-state index contributed by atoms with van der Waals surface area (Å²) in [5.41, 5.74) is 0.159. The molecule has 0 atom stereocenters. The zero-order valence-corrected chi connectivity index (χ0v) is 7.88. The van der Waals surface area contributed by atoms with E-state index >= 15 is 0 Å². The number of pyridine rings is 1. The van der Waals surface area contributed by atoms with E-state index in [0.29, 0.717) is 5.56 Å². The number of aryl methyl sites for hydroxylation is 1. The van der Waals surface area contributed by atoms with E-state index in [-0.39, 0.29) is 29.6 Å². The highest BCUT2D eigenvalue weighted by Crippen LogP contribution is 2.23. The number of rotatable bonds is 2. The summed E-state index contributed by atoms with van der Waals surface area (Å²) in [6.07, 6.45) is 0. The van der Waals surface area contributed by atoms with Gasteiger partial charge in [-0.05, 0) is 12.5 Å². The van der Waals surface area contributed by atoms with Gasteiger partial charge in [0.05, 0.1) is 13.2 Å². The summed E-state index contributed by atoms with van der Waals surface area (Å²) >= 11 is 5.70. The minimum atomic E-state index is -0.367. The summed E-state index contributed by atoms with van der Waals surface area (Å²) in [5, 5.41) is 18.2. The topological polar surface area (TPSA) is 62.5 Å². The second kappa shape index (κ2) is 3.81. The van der Waals surface area contributed by atoms with Gasteiger partial charge in [0.25, 0.3) is 5.56 Å². The summed E-state index contributed by atoms with van der Waals surface area (Å²) in [7, 11) is 0. The van der Waals surface area contributed by atoms with Crippen molar-refractivity contribution in [3.8, 4) is 5.88 Å². The lowest BCUT2D eigenvalue weighted by Gasteiger charge is -2.08. The quantitative estimate of drug-likeness (QED) is 0.736. The summed E-state index contributed by atoms with van der Waals surface area (Å²) in [5.74, 6) is -0.291. The van der Waals surface area contributed by atoms with Gasteiger partial charge in [0.1, 0.15) is 5.02 Å². The molecule has 13 heavy (non-hydrogen) atoms. The van der Waals surface area contributed by atoms with Crippen molar-refractivity contribution in [2.75, 3.05) is 6.61 Å². The molecule has 0 saturated heterocycles. The average Bonchev–Trinajstić information content (AvgIpc) is 2.09. The van der Waals surface area contributed by atoms with Gasteiger partial charge in [-0.3, -0.25) is 9.36 Å². The minimum absolute atomic E-state index is 0.0463. The zero-order valence-electron chi connectivity index (χ0n) is 7.12. The second-order valence-corrected chi connectivity index (χ2v) is 3.06. The molecule has 1 aromatic rings. The number of halogens is 1. The predicted octanol–water partition coefficient (Wildman–Crippen LogP) is 0.508. The number of hydrogen-bond acceptors (Lipinski definition) is 3. The first-order chi connectivity index (χ1) is 6.07. The van der Waals surface area contributed by atoms with Crippen molar-refractivity contribution < 1.29 is 10.2 Å². The molecular formula is C8H10ClNO3. The van der Waals surface area contributed by atoms with Crippen molar-refractivity contribution in [3.05, 3.63) is 27.0 Å². The molecule has 0 radical (unpaired) electrons. The molecule has 0 aliphatic heterocycles. The second-order valence-electron chi connectivity index (χ2n) is 2.68. The van der Waals surface area contributed by atoms with Crippen LogP contribution in [0.4, 0.5) is 0 Å². The highest BCUT2D eigenvalue weighted by atomic mass is 35.5. The van der Waals surface area contributed by atoms with Crippen LogP contribution in [-0.2, 0) is 6.54 Å². The van der Waals surface area contributed by atoms with Gasteiger partial charge in [0, 0.05) is 6.07 Å². The van der Waals surface area contributed by atoms with Gasteiger partial charge < -0.3 is 10.2 Å². The van der Waals surface area contributed by atoms with Gasteiger partial charge in [0.15, 0.2) is 0 Å². The molecule has 72 valence electrons. The Hall–Kier alpha value is -1.00. The van der Waals surface area contributed by atoms with E-state index in [1.165, 1.54) is 6.07 Å². The molecule has 0 amide bonds. The monoisotopic (exact) mass is 203 g/mol. The van der Waals surface area contributed by atoms with Crippen LogP contribution in [0.3, 0.4) is 0 Å². The third kappa shape index (κ3) is 1.84. The van der Waals surface area contributed by atoms with E-state index in [1.807, 2.05) is 0 Å². The fraction of sp³-hybridized carbons (Fsp3) is 0.375. The third-order valence-corrected chi connectivity index (χ3v) is 2.19. The molecule has 5 heteroatoms. The van der Waals surface area contributed by atoms with Crippen LogP contribution in [0.1, 0.15) is 5.56 Å². The lowest BCUT2D eigenvalue weighted by atomic mass is 10.3. The number of aromatic hydroxyl groups is 1. The van der Waals surface area contributed by atoms with Crippen molar-refractivity contribution in [1.82, 2.24) is 4.57 Å². The smallest absolute Gasteiger partial charge is 0.253 e. The van der Waals surface area contributed by atoms with Crippen LogP contribution in [0, 0.1) is 6.92 Å². The van der Waals surface area contributed by atoms with E-state index in [2.05, 4.69) is 0 Å². The van der Waals surface area contributed by atoms with E-state index in [1.54, 1.807) is 6.92 Å². The maximum atomic E-state index is 11.2. The van der Waals surface area contributed by atoms with Gasteiger partial charge in [-0.1, -0.05) is 11.6 Å². The van der Waals surface area contributed by atoms with Gasteiger partial charge in [-0.25, -0.2) is 0 Å². The highest BCUT2D eigenvalue weighted by Gasteiger charge is 2.09. The first-order valence-electron chi connectivity index (χ1n) is 3.77. The normalized spacial score (nSPS) is 10.4. The fourth-order valence-electron chi connectivity index (χ4n) is 1.04.